The molecule has 0 unspecified atom stereocenters. The Morgan fingerprint density at radius 3 is 2.35 bits per heavy atom. The van der Waals surface area contributed by atoms with Gasteiger partial charge < -0.3 is 10.6 Å². The second kappa shape index (κ2) is 6.50. The standard InChI is InChI=1S/C13H19ClN2O/c1-4-9(2)15-13(17)16-10(3)11-5-7-12(14)8-6-11/h5-10H,4H2,1-3H3,(H2,15,16,17)/t9-,10+/m0/s1. The molecule has 0 heterocycles. The van der Waals surface area contributed by atoms with E-state index in [1.165, 1.54) is 0 Å². The summed E-state index contributed by atoms with van der Waals surface area (Å²) in [6, 6.07) is 7.49. The van der Waals surface area contributed by atoms with Crippen LogP contribution in [0.15, 0.2) is 24.3 Å². The van der Waals surface area contributed by atoms with Gasteiger partial charge in [0.1, 0.15) is 0 Å². The third-order valence-corrected chi connectivity index (χ3v) is 2.96. The Labute approximate surface area is 108 Å². The summed E-state index contributed by atoms with van der Waals surface area (Å²) in [5, 5.41) is 6.45. The molecule has 94 valence electrons. The molecule has 0 fully saturated rings. The van der Waals surface area contributed by atoms with E-state index in [-0.39, 0.29) is 18.1 Å². The highest BCUT2D eigenvalue weighted by Crippen LogP contribution is 2.15. The van der Waals surface area contributed by atoms with E-state index in [4.69, 9.17) is 11.6 Å². The van der Waals surface area contributed by atoms with Gasteiger partial charge in [-0.2, -0.15) is 0 Å². The lowest BCUT2D eigenvalue weighted by Crippen LogP contribution is -2.41. The molecule has 0 aliphatic rings. The first-order valence-electron chi connectivity index (χ1n) is 5.85. The zero-order valence-electron chi connectivity index (χ0n) is 10.5. The highest BCUT2D eigenvalue weighted by molar-refractivity contribution is 6.30. The van der Waals surface area contributed by atoms with Gasteiger partial charge in [0, 0.05) is 11.1 Å². The van der Waals surface area contributed by atoms with Crippen LogP contribution < -0.4 is 10.6 Å². The number of hydrogen-bond acceptors (Lipinski definition) is 1. The van der Waals surface area contributed by atoms with Gasteiger partial charge in [0.25, 0.3) is 0 Å². The van der Waals surface area contributed by atoms with Gasteiger partial charge in [-0.15, -0.1) is 0 Å². The molecule has 1 aromatic rings. The first-order valence-corrected chi connectivity index (χ1v) is 6.23. The molecule has 17 heavy (non-hydrogen) atoms. The maximum atomic E-state index is 11.6. The van der Waals surface area contributed by atoms with Crippen molar-refractivity contribution in [2.45, 2.75) is 39.3 Å². The minimum absolute atomic E-state index is 0.0312. The molecule has 0 aliphatic carbocycles. The van der Waals surface area contributed by atoms with Crippen LogP contribution in [-0.2, 0) is 0 Å². The van der Waals surface area contributed by atoms with E-state index in [1.54, 1.807) is 0 Å². The Hall–Kier alpha value is -1.22. The van der Waals surface area contributed by atoms with Crippen LogP contribution in [0.4, 0.5) is 4.79 Å². The van der Waals surface area contributed by atoms with Crippen LogP contribution in [0.25, 0.3) is 0 Å². The van der Waals surface area contributed by atoms with Crippen LogP contribution in [0.3, 0.4) is 0 Å². The van der Waals surface area contributed by atoms with Crippen molar-refractivity contribution >= 4 is 17.6 Å². The molecule has 0 aliphatic heterocycles. The van der Waals surface area contributed by atoms with Gasteiger partial charge >= 0.3 is 6.03 Å². The summed E-state index contributed by atoms with van der Waals surface area (Å²) >= 11 is 5.81. The lowest BCUT2D eigenvalue weighted by molar-refractivity contribution is 0.234. The van der Waals surface area contributed by atoms with Crippen LogP contribution in [0.2, 0.25) is 5.02 Å². The molecule has 1 rings (SSSR count). The van der Waals surface area contributed by atoms with Gasteiger partial charge in [0.15, 0.2) is 0 Å². The molecular formula is C13H19ClN2O. The van der Waals surface area contributed by atoms with Crippen molar-refractivity contribution in [3.05, 3.63) is 34.9 Å². The molecule has 0 radical (unpaired) electrons. The van der Waals surface area contributed by atoms with Crippen molar-refractivity contribution in [2.24, 2.45) is 0 Å². The monoisotopic (exact) mass is 254 g/mol. The molecule has 2 atom stereocenters. The average molecular weight is 255 g/mol. The molecule has 0 saturated carbocycles. The molecular weight excluding hydrogens is 236 g/mol. The van der Waals surface area contributed by atoms with E-state index in [0.717, 1.165) is 12.0 Å². The molecule has 2 amide bonds. The first-order chi connectivity index (χ1) is 8.02. The zero-order chi connectivity index (χ0) is 12.8. The van der Waals surface area contributed by atoms with Gasteiger partial charge in [-0.1, -0.05) is 30.7 Å². The number of carbonyl (C=O) groups excluding carboxylic acids is 1. The molecule has 0 aromatic heterocycles. The fraction of sp³-hybridized carbons (Fsp3) is 0.462. The van der Waals surface area contributed by atoms with Crippen molar-refractivity contribution in [1.29, 1.82) is 0 Å². The van der Waals surface area contributed by atoms with Crippen LogP contribution in [0, 0.1) is 0 Å². The highest BCUT2D eigenvalue weighted by atomic mass is 35.5. The van der Waals surface area contributed by atoms with Crippen molar-refractivity contribution in [1.82, 2.24) is 10.6 Å². The minimum Gasteiger partial charge on any atom is -0.336 e. The van der Waals surface area contributed by atoms with Gasteiger partial charge in [-0.25, -0.2) is 4.79 Å². The van der Waals surface area contributed by atoms with E-state index >= 15 is 0 Å². The Bertz CT molecular complexity index is 364. The summed E-state index contributed by atoms with van der Waals surface area (Å²) in [4.78, 5) is 11.6. The fourth-order valence-corrected chi connectivity index (χ4v) is 1.52. The SMILES string of the molecule is CC[C@H](C)NC(=O)N[C@H](C)c1ccc(Cl)cc1. The van der Waals surface area contributed by atoms with Crippen LogP contribution in [0.5, 0.6) is 0 Å². The largest absolute Gasteiger partial charge is 0.336 e. The van der Waals surface area contributed by atoms with Crippen LogP contribution in [0.1, 0.15) is 38.8 Å². The van der Waals surface area contributed by atoms with E-state index in [2.05, 4.69) is 10.6 Å². The number of amides is 2. The second-order valence-electron chi connectivity index (χ2n) is 4.20. The second-order valence-corrected chi connectivity index (χ2v) is 4.64. The van der Waals surface area contributed by atoms with Gasteiger partial charge in [0.05, 0.1) is 6.04 Å². The zero-order valence-corrected chi connectivity index (χ0v) is 11.2. The molecule has 4 heteroatoms. The van der Waals surface area contributed by atoms with Crippen molar-refractivity contribution in [2.75, 3.05) is 0 Å². The molecule has 0 spiro atoms. The topological polar surface area (TPSA) is 41.1 Å². The molecule has 0 bridgehead atoms. The number of hydrogen-bond donors (Lipinski definition) is 2. The van der Waals surface area contributed by atoms with E-state index in [0.29, 0.717) is 5.02 Å². The third-order valence-electron chi connectivity index (χ3n) is 2.71. The molecule has 3 nitrogen and oxygen atoms in total. The molecule has 1 aromatic carbocycles. The lowest BCUT2D eigenvalue weighted by Gasteiger charge is -2.17. The van der Waals surface area contributed by atoms with E-state index in [1.807, 2.05) is 45.0 Å². The van der Waals surface area contributed by atoms with Crippen LogP contribution >= 0.6 is 11.6 Å². The summed E-state index contributed by atoms with van der Waals surface area (Å²) in [6.45, 7) is 5.96. The number of nitrogens with one attached hydrogen (secondary N) is 2. The summed E-state index contributed by atoms with van der Waals surface area (Å²) in [5.41, 5.74) is 1.04. The summed E-state index contributed by atoms with van der Waals surface area (Å²) < 4.78 is 0. The third kappa shape index (κ3) is 4.65. The normalized spacial score (nSPS) is 13.9. The number of halogens is 1. The van der Waals surface area contributed by atoms with Crippen molar-refractivity contribution in [3.8, 4) is 0 Å². The number of urea groups is 1. The lowest BCUT2D eigenvalue weighted by atomic mass is 10.1. The predicted molar refractivity (Wildman–Crippen MR) is 71.3 cm³/mol. The van der Waals surface area contributed by atoms with E-state index in [9.17, 15) is 4.79 Å². The number of carbonyl (C=O) groups is 1. The number of benzene rings is 1. The van der Waals surface area contributed by atoms with Crippen molar-refractivity contribution < 1.29 is 4.79 Å². The summed E-state index contributed by atoms with van der Waals surface area (Å²) in [7, 11) is 0. The van der Waals surface area contributed by atoms with Gasteiger partial charge in [0.2, 0.25) is 0 Å². The summed E-state index contributed by atoms with van der Waals surface area (Å²) in [5.74, 6) is 0. The smallest absolute Gasteiger partial charge is 0.315 e. The Balaban J connectivity index is 2.51. The fourth-order valence-electron chi connectivity index (χ4n) is 1.40. The number of rotatable bonds is 4. The maximum Gasteiger partial charge on any atom is 0.315 e. The average Bonchev–Trinajstić information content (AvgIpc) is 2.29. The quantitative estimate of drug-likeness (QED) is 0.848. The minimum atomic E-state index is -0.137. The van der Waals surface area contributed by atoms with Gasteiger partial charge in [-0.05, 0) is 38.0 Å². The van der Waals surface area contributed by atoms with Crippen LogP contribution in [-0.4, -0.2) is 12.1 Å². The first kappa shape index (κ1) is 13.8. The predicted octanol–water partition coefficient (Wildman–Crippen LogP) is 3.50. The van der Waals surface area contributed by atoms with Crippen molar-refractivity contribution in [3.63, 3.8) is 0 Å². The van der Waals surface area contributed by atoms with Gasteiger partial charge in [-0.3, -0.25) is 0 Å². The Morgan fingerprint density at radius 1 is 1.24 bits per heavy atom. The van der Waals surface area contributed by atoms with E-state index < -0.39 is 0 Å². The Morgan fingerprint density at radius 2 is 1.82 bits per heavy atom. The highest BCUT2D eigenvalue weighted by Gasteiger charge is 2.10. The maximum absolute atomic E-state index is 11.6. The summed E-state index contributed by atoms with van der Waals surface area (Å²) in [6.07, 6.45) is 0.919. The Kier molecular flexibility index (Phi) is 5.29. The molecule has 2 N–H and O–H groups in total. The molecule has 0 saturated heterocycles.